The van der Waals surface area contributed by atoms with Crippen LogP contribution in [0.5, 0.6) is 0 Å². The van der Waals surface area contributed by atoms with Crippen LogP contribution in [0.25, 0.3) is 0 Å². The fourth-order valence-electron chi connectivity index (χ4n) is 3.69. The molecule has 0 bridgehead atoms. The minimum absolute atomic E-state index is 0.00955. The van der Waals surface area contributed by atoms with Gasteiger partial charge in [-0.2, -0.15) is 13.2 Å². The van der Waals surface area contributed by atoms with Crippen LogP contribution in [0, 0.1) is 11.8 Å². The average Bonchev–Trinajstić information content (AvgIpc) is 2.64. The summed E-state index contributed by atoms with van der Waals surface area (Å²) in [7, 11) is 0. The normalized spacial score (nSPS) is 23.6. The van der Waals surface area contributed by atoms with Gasteiger partial charge in [0.2, 0.25) is 11.8 Å². The van der Waals surface area contributed by atoms with Crippen molar-refractivity contribution in [3.8, 4) is 0 Å². The van der Waals surface area contributed by atoms with Crippen molar-refractivity contribution in [2.24, 2.45) is 17.6 Å². The summed E-state index contributed by atoms with van der Waals surface area (Å²) in [6, 6.07) is -0.648. The Bertz CT molecular complexity index is 495. The third-order valence-corrected chi connectivity index (χ3v) is 5.20. The zero-order valence-corrected chi connectivity index (χ0v) is 15.1. The van der Waals surface area contributed by atoms with E-state index in [1.54, 1.807) is 4.90 Å². The van der Waals surface area contributed by atoms with E-state index in [9.17, 15) is 22.8 Å². The standard InChI is InChI=1S/C17H28F3N3O3/c1-2-22(11-17(18,19)20)15(24)13-4-3-7-23(10-13)16(25)14(21)12-5-8-26-9-6-12/h12-14H,2-11,21H2,1H3. The van der Waals surface area contributed by atoms with Crippen LogP contribution in [0.2, 0.25) is 0 Å². The highest BCUT2D eigenvalue weighted by molar-refractivity contribution is 5.84. The molecule has 26 heavy (non-hydrogen) atoms. The first-order valence-electron chi connectivity index (χ1n) is 9.20. The van der Waals surface area contributed by atoms with Crippen LogP contribution in [0.1, 0.15) is 32.6 Å². The van der Waals surface area contributed by atoms with E-state index >= 15 is 0 Å². The Labute approximate surface area is 151 Å². The van der Waals surface area contributed by atoms with Gasteiger partial charge in [0.1, 0.15) is 6.54 Å². The van der Waals surface area contributed by atoms with Crippen LogP contribution in [0.15, 0.2) is 0 Å². The molecule has 2 aliphatic rings. The Hall–Kier alpha value is -1.35. The van der Waals surface area contributed by atoms with Gasteiger partial charge in [-0.05, 0) is 38.5 Å². The lowest BCUT2D eigenvalue weighted by atomic mass is 9.90. The molecule has 0 aliphatic carbocycles. The molecule has 2 fully saturated rings. The summed E-state index contributed by atoms with van der Waals surface area (Å²) < 4.78 is 43.2. The fraction of sp³-hybridized carbons (Fsp3) is 0.882. The molecule has 2 aliphatic heterocycles. The molecular formula is C17H28F3N3O3. The van der Waals surface area contributed by atoms with Gasteiger partial charge in [0.05, 0.1) is 12.0 Å². The molecule has 0 aromatic rings. The molecular weight excluding hydrogens is 351 g/mol. The molecule has 2 heterocycles. The number of nitrogens with two attached hydrogens (primary N) is 1. The number of halogens is 3. The molecule has 0 aromatic carbocycles. The summed E-state index contributed by atoms with van der Waals surface area (Å²) in [6.45, 7) is 2.05. The number of ether oxygens (including phenoxy) is 1. The van der Waals surface area contributed by atoms with Crippen LogP contribution >= 0.6 is 0 Å². The van der Waals surface area contributed by atoms with E-state index in [1.165, 1.54) is 6.92 Å². The van der Waals surface area contributed by atoms with Crippen LogP contribution < -0.4 is 5.73 Å². The molecule has 2 N–H and O–H groups in total. The predicted octanol–water partition coefficient (Wildman–Crippen LogP) is 1.39. The third kappa shape index (κ3) is 5.57. The Balaban J connectivity index is 1.96. The fourth-order valence-corrected chi connectivity index (χ4v) is 3.69. The second-order valence-corrected chi connectivity index (χ2v) is 7.07. The number of alkyl halides is 3. The van der Waals surface area contributed by atoms with E-state index in [1.807, 2.05) is 0 Å². The van der Waals surface area contributed by atoms with Crippen molar-refractivity contribution >= 4 is 11.8 Å². The molecule has 2 amide bonds. The van der Waals surface area contributed by atoms with Gasteiger partial charge in [-0.25, -0.2) is 0 Å². The molecule has 2 unspecified atom stereocenters. The highest BCUT2D eigenvalue weighted by Crippen LogP contribution is 2.25. The molecule has 2 rings (SSSR count). The molecule has 0 saturated carbocycles. The van der Waals surface area contributed by atoms with Crippen molar-refractivity contribution in [2.75, 3.05) is 39.4 Å². The number of carbonyl (C=O) groups excluding carboxylic acids is 2. The number of amides is 2. The predicted molar refractivity (Wildman–Crippen MR) is 89.1 cm³/mol. The number of hydrogen-bond donors (Lipinski definition) is 1. The third-order valence-electron chi connectivity index (χ3n) is 5.20. The van der Waals surface area contributed by atoms with Crippen LogP contribution in [-0.4, -0.2) is 73.2 Å². The van der Waals surface area contributed by atoms with Gasteiger partial charge in [-0.15, -0.1) is 0 Å². The SMILES string of the molecule is CCN(CC(F)(F)F)C(=O)C1CCCN(C(=O)C(N)C2CCOCC2)C1. The number of rotatable bonds is 5. The summed E-state index contributed by atoms with van der Waals surface area (Å²) in [5, 5.41) is 0. The molecule has 2 atom stereocenters. The van der Waals surface area contributed by atoms with E-state index in [-0.39, 0.29) is 24.9 Å². The van der Waals surface area contributed by atoms with Crippen LogP contribution in [0.4, 0.5) is 13.2 Å². The van der Waals surface area contributed by atoms with Crippen molar-refractivity contribution in [2.45, 2.75) is 44.8 Å². The van der Waals surface area contributed by atoms with E-state index in [0.29, 0.717) is 32.6 Å². The summed E-state index contributed by atoms with van der Waals surface area (Å²) in [5.41, 5.74) is 6.12. The van der Waals surface area contributed by atoms with Crippen molar-refractivity contribution in [3.05, 3.63) is 0 Å². The molecule has 9 heteroatoms. The van der Waals surface area contributed by atoms with Crippen molar-refractivity contribution in [1.29, 1.82) is 0 Å². The highest BCUT2D eigenvalue weighted by atomic mass is 19.4. The average molecular weight is 379 g/mol. The molecule has 150 valence electrons. The van der Waals surface area contributed by atoms with Crippen molar-refractivity contribution < 1.29 is 27.5 Å². The number of piperidine rings is 1. The van der Waals surface area contributed by atoms with Gasteiger partial charge >= 0.3 is 6.18 Å². The first kappa shape index (κ1) is 21.0. The van der Waals surface area contributed by atoms with Gasteiger partial charge in [0.15, 0.2) is 0 Å². The van der Waals surface area contributed by atoms with E-state index < -0.39 is 30.6 Å². The summed E-state index contributed by atoms with van der Waals surface area (Å²) >= 11 is 0. The van der Waals surface area contributed by atoms with Gasteiger partial charge < -0.3 is 20.3 Å². The van der Waals surface area contributed by atoms with Crippen molar-refractivity contribution in [1.82, 2.24) is 9.80 Å². The Morgan fingerprint density at radius 3 is 2.50 bits per heavy atom. The van der Waals surface area contributed by atoms with Gasteiger partial charge in [0.25, 0.3) is 0 Å². The van der Waals surface area contributed by atoms with Crippen LogP contribution in [-0.2, 0) is 14.3 Å². The molecule has 0 aromatic heterocycles. The van der Waals surface area contributed by atoms with Gasteiger partial charge in [-0.1, -0.05) is 0 Å². The second kappa shape index (κ2) is 9.03. The van der Waals surface area contributed by atoms with E-state index in [4.69, 9.17) is 10.5 Å². The molecule has 2 saturated heterocycles. The first-order chi connectivity index (χ1) is 12.2. The van der Waals surface area contributed by atoms with Crippen LogP contribution in [0.3, 0.4) is 0 Å². The molecule has 0 spiro atoms. The summed E-state index contributed by atoms with van der Waals surface area (Å²) in [4.78, 5) is 27.5. The summed E-state index contributed by atoms with van der Waals surface area (Å²) in [6.07, 6.45) is -1.91. The summed E-state index contributed by atoms with van der Waals surface area (Å²) in [5.74, 6) is -1.31. The number of nitrogens with zero attached hydrogens (tertiary/aromatic N) is 2. The maximum Gasteiger partial charge on any atom is 0.406 e. The smallest absolute Gasteiger partial charge is 0.381 e. The zero-order chi connectivity index (χ0) is 19.3. The Morgan fingerprint density at radius 2 is 1.92 bits per heavy atom. The lowest BCUT2D eigenvalue weighted by Crippen LogP contribution is -2.54. The number of carbonyl (C=O) groups is 2. The quantitative estimate of drug-likeness (QED) is 0.783. The van der Waals surface area contributed by atoms with Gasteiger partial charge in [0, 0.05) is 32.8 Å². The number of likely N-dealkylation sites (tertiary alicyclic amines) is 1. The lowest BCUT2D eigenvalue weighted by Gasteiger charge is -2.37. The maximum absolute atomic E-state index is 12.7. The molecule has 6 nitrogen and oxygen atoms in total. The van der Waals surface area contributed by atoms with Gasteiger partial charge in [-0.3, -0.25) is 9.59 Å². The topological polar surface area (TPSA) is 75.9 Å². The molecule has 0 radical (unpaired) electrons. The minimum atomic E-state index is -4.43. The monoisotopic (exact) mass is 379 g/mol. The first-order valence-corrected chi connectivity index (χ1v) is 9.20. The Kier molecular flexibility index (Phi) is 7.28. The number of hydrogen-bond acceptors (Lipinski definition) is 4. The second-order valence-electron chi connectivity index (χ2n) is 7.07. The largest absolute Gasteiger partial charge is 0.406 e. The minimum Gasteiger partial charge on any atom is -0.381 e. The zero-order valence-electron chi connectivity index (χ0n) is 15.1. The Morgan fingerprint density at radius 1 is 1.27 bits per heavy atom. The van der Waals surface area contributed by atoms with E-state index in [0.717, 1.165) is 17.7 Å². The van der Waals surface area contributed by atoms with Crippen molar-refractivity contribution in [3.63, 3.8) is 0 Å². The maximum atomic E-state index is 12.7. The lowest BCUT2D eigenvalue weighted by molar-refractivity contribution is -0.165. The highest BCUT2D eigenvalue weighted by Gasteiger charge is 2.38. The van der Waals surface area contributed by atoms with E-state index in [2.05, 4.69) is 0 Å².